The van der Waals surface area contributed by atoms with E-state index in [2.05, 4.69) is 10.1 Å². The summed E-state index contributed by atoms with van der Waals surface area (Å²) in [6, 6.07) is 10.4. The normalized spacial score (nSPS) is 20.6. The van der Waals surface area contributed by atoms with Crippen LogP contribution in [-0.2, 0) is 16.4 Å². The zero-order valence-electron chi connectivity index (χ0n) is 21.6. The number of ketones is 1. The second kappa shape index (κ2) is 10.1. The van der Waals surface area contributed by atoms with Crippen LogP contribution in [0.2, 0.25) is 0 Å². The topological polar surface area (TPSA) is 85.2 Å². The Hall–Kier alpha value is -3.54. The molecular weight excluding hydrogens is 554 g/mol. The molecule has 0 bridgehead atoms. The van der Waals surface area contributed by atoms with Gasteiger partial charge in [0.2, 0.25) is 15.8 Å². The van der Waals surface area contributed by atoms with Crippen LogP contribution in [0.1, 0.15) is 47.2 Å². The molecule has 0 amide bonds. The number of allylic oxidation sites excluding steroid dienone is 1. The Bertz CT molecular complexity index is 1700. The summed E-state index contributed by atoms with van der Waals surface area (Å²) in [6.45, 7) is 1.98. The molecule has 2 aromatic heterocycles. The number of Topliss-reactive ketones (excluding diaryl/α,β-unsaturated/α-hetero) is 1. The van der Waals surface area contributed by atoms with Gasteiger partial charge in [0.15, 0.2) is 5.01 Å². The van der Waals surface area contributed by atoms with Crippen molar-refractivity contribution >= 4 is 33.2 Å². The average molecular weight is 581 g/mol. The van der Waals surface area contributed by atoms with Crippen LogP contribution in [0.15, 0.2) is 76.8 Å². The summed E-state index contributed by atoms with van der Waals surface area (Å²) in [5, 5.41) is 6.69. The SMILES string of the molecule is CCN([C@H]1CCC2=Cc3c(cnn3-c3ccc(F)cc3)C[C@]2(C(=O)c2nccs2)C1)S(=O)(=O)c1ccc(F)cc1. The molecule has 11 heteroatoms. The molecule has 2 aromatic carbocycles. The van der Waals surface area contributed by atoms with Gasteiger partial charge in [0.1, 0.15) is 11.6 Å². The molecule has 0 N–H and O–H groups in total. The van der Waals surface area contributed by atoms with Crippen LogP contribution in [0.25, 0.3) is 11.8 Å². The third-order valence-electron chi connectivity index (χ3n) is 7.91. The van der Waals surface area contributed by atoms with E-state index in [0.29, 0.717) is 30.0 Å². The van der Waals surface area contributed by atoms with Gasteiger partial charge in [0.05, 0.1) is 27.9 Å². The summed E-state index contributed by atoms with van der Waals surface area (Å²) in [7, 11) is -3.93. The fourth-order valence-electron chi connectivity index (χ4n) is 6.02. The number of thiazole rings is 1. The molecule has 0 spiro atoms. The fraction of sp³-hybridized carbons (Fsp3) is 0.276. The monoisotopic (exact) mass is 580 g/mol. The van der Waals surface area contributed by atoms with E-state index in [1.54, 1.807) is 41.5 Å². The first kappa shape index (κ1) is 26.7. The number of benzene rings is 2. The molecule has 6 rings (SSSR count). The smallest absolute Gasteiger partial charge is 0.243 e. The molecule has 0 aliphatic heterocycles. The first-order valence-corrected chi connectivity index (χ1v) is 15.3. The van der Waals surface area contributed by atoms with E-state index in [4.69, 9.17) is 0 Å². The lowest BCUT2D eigenvalue weighted by molar-refractivity contribution is 0.0744. The van der Waals surface area contributed by atoms with E-state index in [-0.39, 0.29) is 29.5 Å². The zero-order valence-corrected chi connectivity index (χ0v) is 23.3. The Morgan fingerprint density at radius 3 is 2.48 bits per heavy atom. The number of rotatable bonds is 7. The van der Waals surface area contributed by atoms with Crippen molar-refractivity contribution in [1.29, 1.82) is 0 Å². The number of sulfonamides is 1. The van der Waals surface area contributed by atoms with Crippen molar-refractivity contribution in [3.63, 3.8) is 0 Å². The summed E-state index contributed by atoms with van der Waals surface area (Å²) in [5.41, 5.74) is 2.30. The molecular formula is C29H26F2N4O3S2. The maximum absolute atomic E-state index is 14.2. The van der Waals surface area contributed by atoms with Crippen LogP contribution in [0, 0.1) is 17.0 Å². The molecule has 0 unspecified atom stereocenters. The predicted octanol–water partition coefficient (Wildman–Crippen LogP) is 5.68. The lowest BCUT2D eigenvalue weighted by Crippen LogP contribution is -2.50. The minimum atomic E-state index is -3.93. The molecule has 206 valence electrons. The molecule has 40 heavy (non-hydrogen) atoms. The third kappa shape index (κ3) is 4.42. The first-order chi connectivity index (χ1) is 19.2. The largest absolute Gasteiger partial charge is 0.290 e. The van der Waals surface area contributed by atoms with Crippen LogP contribution in [0.4, 0.5) is 8.78 Å². The Balaban J connectivity index is 1.41. The van der Waals surface area contributed by atoms with Gasteiger partial charge in [-0.25, -0.2) is 26.9 Å². The highest BCUT2D eigenvalue weighted by molar-refractivity contribution is 7.89. The fourth-order valence-corrected chi connectivity index (χ4v) is 8.36. The maximum atomic E-state index is 14.2. The molecule has 2 aliphatic carbocycles. The van der Waals surface area contributed by atoms with Gasteiger partial charge in [-0.3, -0.25) is 4.79 Å². The molecule has 1 saturated carbocycles. The van der Waals surface area contributed by atoms with Crippen LogP contribution >= 0.6 is 11.3 Å². The van der Waals surface area contributed by atoms with Crippen molar-refractivity contribution in [2.75, 3.05) is 6.54 Å². The van der Waals surface area contributed by atoms with Crippen molar-refractivity contribution in [3.8, 4) is 5.69 Å². The van der Waals surface area contributed by atoms with Gasteiger partial charge in [-0.2, -0.15) is 9.40 Å². The van der Waals surface area contributed by atoms with Crippen molar-refractivity contribution in [2.45, 2.75) is 43.5 Å². The summed E-state index contributed by atoms with van der Waals surface area (Å²) in [5.74, 6) is -0.985. The number of halogens is 2. The molecule has 7 nitrogen and oxygen atoms in total. The van der Waals surface area contributed by atoms with Crippen LogP contribution in [0.5, 0.6) is 0 Å². The lowest BCUT2D eigenvalue weighted by atomic mass is 9.61. The summed E-state index contributed by atoms with van der Waals surface area (Å²) < 4.78 is 57.6. The molecule has 4 aromatic rings. The Labute approximate surface area is 234 Å². The number of aromatic nitrogens is 3. The summed E-state index contributed by atoms with van der Waals surface area (Å²) in [4.78, 5) is 18.5. The van der Waals surface area contributed by atoms with Crippen LogP contribution in [-0.4, -0.2) is 45.9 Å². The zero-order chi connectivity index (χ0) is 28.1. The highest BCUT2D eigenvalue weighted by Gasteiger charge is 2.51. The van der Waals surface area contributed by atoms with Crippen LogP contribution in [0.3, 0.4) is 0 Å². The highest BCUT2D eigenvalue weighted by atomic mass is 32.2. The predicted molar refractivity (Wildman–Crippen MR) is 148 cm³/mol. The van der Waals surface area contributed by atoms with E-state index >= 15 is 0 Å². The first-order valence-electron chi connectivity index (χ1n) is 13.0. The summed E-state index contributed by atoms with van der Waals surface area (Å²) in [6.07, 6.45) is 6.96. The molecule has 1 fully saturated rings. The molecule has 2 heterocycles. The van der Waals surface area contributed by atoms with Gasteiger partial charge < -0.3 is 0 Å². The molecule has 2 aliphatic rings. The molecule has 0 radical (unpaired) electrons. The van der Waals surface area contributed by atoms with Gasteiger partial charge in [-0.1, -0.05) is 12.5 Å². The van der Waals surface area contributed by atoms with E-state index in [1.807, 2.05) is 6.08 Å². The number of hydrogen-bond donors (Lipinski definition) is 0. The van der Waals surface area contributed by atoms with Crippen molar-refractivity contribution in [2.24, 2.45) is 5.41 Å². The standard InChI is InChI=1S/C29H26F2N4O3S2/c1-2-34(40(37,38)25-11-6-22(31)7-12-25)24-8-3-20-15-26-19(18-33-35(26)23-9-4-21(30)5-10-23)16-29(20,17-24)27(36)28-32-13-14-39-28/h4-7,9-15,18,24H,2-3,8,16-17H2,1H3/t24-,29-/m0/s1. The minimum absolute atomic E-state index is 0.0175. The Morgan fingerprint density at radius 2 is 1.82 bits per heavy atom. The maximum Gasteiger partial charge on any atom is 0.243 e. The quantitative estimate of drug-likeness (QED) is 0.263. The van der Waals surface area contributed by atoms with Crippen molar-refractivity contribution in [3.05, 3.63) is 99.8 Å². The van der Waals surface area contributed by atoms with Gasteiger partial charge in [-0.15, -0.1) is 11.3 Å². The lowest BCUT2D eigenvalue weighted by Gasteiger charge is -2.46. The van der Waals surface area contributed by atoms with E-state index in [9.17, 15) is 22.0 Å². The molecule has 0 saturated heterocycles. The molecule has 2 atom stereocenters. The number of nitrogens with zero attached hydrogens (tertiary/aromatic N) is 4. The van der Waals surface area contributed by atoms with Crippen molar-refractivity contribution in [1.82, 2.24) is 19.1 Å². The number of fused-ring (bicyclic) bond motifs is 2. The van der Waals surface area contributed by atoms with Crippen molar-refractivity contribution < 1.29 is 22.0 Å². The number of hydrogen-bond acceptors (Lipinski definition) is 6. The average Bonchev–Trinajstić information content (AvgIpc) is 3.63. The van der Waals surface area contributed by atoms with E-state index < -0.39 is 27.3 Å². The van der Waals surface area contributed by atoms with Gasteiger partial charge in [0, 0.05) is 24.2 Å². The number of carbonyl (C=O) groups excluding carboxylic acids is 1. The second-order valence-corrected chi connectivity index (χ2v) is 12.9. The van der Waals surface area contributed by atoms with Gasteiger partial charge in [0.25, 0.3) is 0 Å². The number of carbonyl (C=O) groups is 1. The van der Waals surface area contributed by atoms with Crippen LogP contribution < -0.4 is 0 Å². The second-order valence-electron chi connectivity index (χ2n) is 10.1. The Morgan fingerprint density at radius 1 is 1.12 bits per heavy atom. The summed E-state index contributed by atoms with van der Waals surface area (Å²) >= 11 is 1.27. The highest BCUT2D eigenvalue weighted by Crippen LogP contribution is 2.51. The minimum Gasteiger partial charge on any atom is -0.290 e. The van der Waals surface area contributed by atoms with E-state index in [1.165, 1.54) is 39.9 Å². The van der Waals surface area contributed by atoms with Gasteiger partial charge in [-0.05, 0) is 85.9 Å². The Kier molecular flexibility index (Phi) is 6.76. The third-order valence-corrected chi connectivity index (χ3v) is 10.7. The van der Waals surface area contributed by atoms with E-state index in [0.717, 1.165) is 29.0 Å². The van der Waals surface area contributed by atoms with Gasteiger partial charge >= 0.3 is 0 Å².